The van der Waals surface area contributed by atoms with Crippen LogP contribution in [-0.2, 0) is 4.79 Å². The highest BCUT2D eigenvalue weighted by Crippen LogP contribution is 2.15. The van der Waals surface area contributed by atoms with Gasteiger partial charge in [-0.25, -0.2) is 4.98 Å². The van der Waals surface area contributed by atoms with E-state index in [0.717, 1.165) is 0 Å². The van der Waals surface area contributed by atoms with Gasteiger partial charge in [-0.3, -0.25) is 4.79 Å². The summed E-state index contributed by atoms with van der Waals surface area (Å²) in [6.45, 7) is 3.66. The van der Waals surface area contributed by atoms with E-state index in [0.29, 0.717) is 5.82 Å². The maximum Gasteiger partial charge on any atom is 0.305 e. The molecule has 0 saturated heterocycles. The first kappa shape index (κ1) is 10.5. The lowest BCUT2D eigenvalue weighted by Gasteiger charge is -2.24. The normalized spacial score (nSPS) is 11.0. The molecule has 0 aliphatic rings. The highest BCUT2D eigenvalue weighted by Gasteiger charge is 2.21. The third-order valence-corrected chi connectivity index (χ3v) is 1.72. The van der Waals surface area contributed by atoms with Gasteiger partial charge in [0, 0.05) is 11.7 Å². The van der Waals surface area contributed by atoms with Crippen LogP contribution in [0.3, 0.4) is 0 Å². The minimum atomic E-state index is -0.821. The molecule has 14 heavy (non-hydrogen) atoms. The number of hydrogen-bond acceptors (Lipinski definition) is 3. The quantitative estimate of drug-likeness (QED) is 0.766. The fraction of sp³-hybridized carbons (Fsp3) is 0.400. The van der Waals surface area contributed by atoms with E-state index < -0.39 is 11.5 Å². The van der Waals surface area contributed by atoms with Gasteiger partial charge < -0.3 is 10.4 Å². The second-order valence-corrected chi connectivity index (χ2v) is 3.79. The highest BCUT2D eigenvalue weighted by molar-refractivity contribution is 5.69. The second kappa shape index (κ2) is 4.09. The van der Waals surface area contributed by atoms with Crippen LogP contribution in [0.4, 0.5) is 5.82 Å². The Bertz CT molecular complexity index is 309. The molecule has 1 aromatic rings. The molecule has 0 atom stereocenters. The molecular weight excluding hydrogens is 180 g/mol. The van der Waals surface area contributed by atoms with Crippen molar-refractivity contribution in [1.29, 1.82) is 0 Å². The van der Waals surface area contributed by atoms with Crippen molar-refractivity contribution in [3.05, 3.63) is 24.4 Å². The maximum absolute atomic E-state index is 10.5. The number of rotatable bonds is 4. The number of aromatic nitrogens is 1. The molecule has 76 valence electrons. The Morgan fingerprint density at radius 3 is 2.79 bits per heavy atom. The highest BCUT2D eigenvalue weighted by atomic mass is 16.4. The molecule has 0 unspecified atom stereocenters. The Kier molecular flexibility index (Phi) is 3.06. The number of nitrogens with zero attached hydrogens (tertiary/aromatic N) is 1. The van der Waals surface area contributed by atoms with E-state index in [-0.39, 0.29) is 6.42 Å². The summed E-state index contributed by atoms with van der Waals surface area (Å²) >= 11 is 0. The predicted molar refractivity (Wildman–Crippen MR) is 54.2 cm³/mol. The summed E-state index contributed by atoms with van der Waals surface area (Å²) in [7, 11) is 0. The number of nitrogens with one attached hydrogen (secondary N) is 1. The minimum absolute atomic E-state index is 0.0591. The number of hydrogen-bond donors (Lipinski definition) is 2. The zero-order chi connectivity index (χ0) is 10.6. The van der Waals surface area contributed by atoms with Crippen LogP contribution in [0.15, 0.2) is 24.4 Å². The Morgan fingerprint density at radius 1 is 1.57 bits per heavy atom. The molecule has 0 aromatic carbocycles. The van der Waals surface area contributed by atoms with Crippen molar-refractivity contribution < 1.29 is 9.90 Å². The van der Waals surface area contributed by atoms with Gasteiger partial charge in [0.1, 0.15) is 5.82 Å². The smallest absolute Gasteiger partial charge is 0.305 e. The predicted octanol–water partition coefficient (Wildman–Crippen LogP) is 1.75. The maximum atomic E-state index is 10.5. The summed E-state index contributed by atoms with van der Waals surface area (Å²) in [5.41, 5.74) is -0.486. The third-order valence-electron chi connectivity index (χ3n) is 1.72. The topological polar surface area (TPSA) is 62.2 Å². The summed E-state index contributed by atoms with van der Waals surface area (Å²) in [6.07, 6.45) is 1.72. The average Bonchev–Trinajstić information content (AvgIpc) is 2.02. The van der Waals surface area contributed by atoms with Crippen molar-refractivity contribution in [2.24, 2.45) is 0 Å². The van der Waals surface area contributed by atoms with Gasteiger partial charge in [0.2, 0.25) is 0 Å². The van der Waals surface area contributed by atoms with E-state index in [1.54, 1.807) is 6.20 Å². The van der Waals surface area contributed by atoms with Crippen LogP contribution in [0.1, 0.15) is 20.3 Å². The molecule has 0 spiro atoms. The van der Waals surface area contributed by atoms with Crippen molar-refractivity contribution >= 4 is 11.8 Å². The number of aliphatic carboxylic acids is 1. The number of carbonyl (C=O) groups is 1. The number of anilines is 1. The SMILES string of the molecule is CC(C)(CC(=O)O)Nc1ccccn1. The lowest BCUT2D eigenvalue weighted by atomic mass is 10.0. The molecular formula is C10H14N2O2. The summed E-state index contributed by atoms with van der Waals surface area (Å²) in [5, 5.41) is 11.7. The Morgan fingerprint density at radius 2 is 2.29 bits per heavy atom. The van der Waals surface area contributed by atoms with Crippen LogP contribution in [0, 0.1) is 0 Å². The standard InChI is InChI=1S/C10H14N2O2/c1-10(2,7-9(13)14)12-8-5-3-4-6-11-8/h3-6H,7H2,1-2H3,(H,11,12)(H,13,14). The Balaban J connectivity index is 2.63. The molecule has 0 saturated carbocycles. The molecule has 0 bridgehead atoms. The van der Waals surface area contributed by atoms with Gasteiger partial charge in [-0.2, -0.15) is 0 Å². The zero-order valence-corrected chi connectivity index (χ0v) is 8.32. The number of carboxylic acid groups (broad SMARTS) is 1. The van der Waals surface area contributed by atoms with Crippen LogP contribution in [0.25, 0.3) is 0 Å². The van der Waals surface area contributed by atoms with E-state index >= 15 is 0 Å². The van der Waals surface area contributed by atoms with Gasteiger partial charge in [-0.15, -0.1) is 0 Å². The lowest BCUT2D eigenvalue weighted by Crippen LogP contribution is -2.33. The van der Waals surface area contributed by atoms with Crippen LogP contribution < -0.4 is 5.32 Å². The molecule has 0 aliphatic carbocycles. The van der Waals surface area contributed by atoms with Gasteiger partial charge in [-0.05, 0) is 26.0 Å². The van der Waals surface area contributed by atoms with E-state index in [1.165, 1.54) is 0 Å². The fourth-order valence-corrected chi connectivity index (χ4v) is 1.21. The second-order valence-electron chi connectivity index (χ2n) is 3.79. The molecule has 0 amide bonds. The van der Waals surface area contributed by atoms with Crippen LogP contribution in [-0.4, -0.2) is 21.6 Å². The summed E-state index contributed by atoms with van der Waals surface area (Å²) in [4.78, 5) is 14.6. The van der Waals surface area contributed by atoms with Crippen molar-refractivity contribution in [1.82, 2.24) is 4.98 Å². The lowest BCUT2D eigenvalue weighted by molar-refractivity contribution is -0.137. The summed E-state index contributed by atoms with van der Waals surface area (Å²) < 4.78 is 0. The van der Waals surface area contributed by atoms with Gasteiger partial charge in [0.25, 0.3) is 0 Å². The van der Waals surface area contributed by atoms with E-state index in [2.05, 4.69) is 10.3 Å². The van der Waals surface area contributed by atoms with Crippen molar-refractivity contribution in [2.75, 3.05) is 5.32 Å². The molecule has 1 rings (SSSR count). The Hall–Kier alpha value is -1.58. The number of carboxylic acids is 1. The summed E-state index contributed by atoms with van der Waals surface area (Å²) in [5.74, 6) is -0.128. The molecule has 0 fully saturated rings. The van der Waals surface area contributed by atoms with Gasteiger partial charge in [0.15, 0.2) is 0 Å². The third kappa shape index (κ3) is 3.43. The minimum Gasteiger partial charge on any atom is -0.481 e. The molecule has 1 aromatic heterocycles. The van der Waals surface area contributed by atoms with Crippen LogP contribution >= 0.6 is 0 Å². The number of pyridine rings is 1. The van der Waals surface area contributed by atoms with Crippen molar-refractivity contribution in [3.8, 4) is 0 Å². The van der Waals surface area contributed by atoms with Gasteiger partial charge in [0.05, 0.1) is 6.42 Å². The van der Waals surface area contributed by atoms with Gasteiger partial charge in [-0.1, -0.05) is 6.07 Å². The van der Waals surface area contributed by atoms with Crippen molar-refractivity contribution in [2.45, 2.75) is 25.8 Å². The molecule has 0 aliphatic heterocycles. The Labute approximate surface area is 83.0 Å². The van der Waals surface area contributed by atoms with E-state index in [1.807, 2.05) is 32.0 Å². The fourth-order valence-electron chi connectivity index (χ4n) is 1.21. The largest absolute Gasteiger partial charge is 0.481 e. The van der Waals surface area contributed by atoms with Crippen molar-refractivity contribution in [3.63, 3.8) is 0 Å². The first-order chi connectivity index (χ1) is 6.49. The molecule has 4 nitrogen and oxygen atoms in total. The average molecular weight is 194 g/mol. The zero-order valence-electron chi connectivity index (χ0n) is 8.32. The molecule has 0 radical (unpaired) electrons. The molecule has 4 heteroatoms. The first-order valence-electron chi connectivity index (χ1n) is 4.41. The van der Waals surface area contributed by atoms with Crippen LogP contribution in [0.5, 0.6) is 0 Å². The van der Waals surface area contributed by atoms with Gasteiger partial charge >= 0.3 is 5.97 Å². The monoisotopic (exact) mass is 194 g/mol. The van der Waals surface area contributed by atoms with Crippen LogP contribution in [0.2, 0.25) is 0 Å². The van der Waals surface area contributed by atoms with E-state index in [4.69, 9.17) is 5.11 Å². The molecule has 2 N–H and O–H groups in total. The first-order valence-corrected chi connectivity index (χ1v) is 4.41. The van der Waals surface area contributed by atoms with E-state index in [9.17, 15) is 4.79 Å². The summed E-state index contributed by atoms with van der Waals surface area (Å²) in [6, 6.07) is 5.48. The molecule has 1 heterocycles.